The summed E-state index contributed by atoms with van der Waals surface area (Å²) in [6.45, 7) is 5.84. The molecule has 0 saturated carbocycles. The molecule has 2 N–H and O–H groups in total. The molecule has 0 aliphatic carbocycles. The number of hydrogen-bond acceptors (Lipinski definition) is 4. The van der Waals surface area contributed by atoms with Crippen molar-refractivity contribution >= 4 is 15.7 Å². The minimum atomic E-state index is -3.70. The van der Waals surface area contributed by atoms with Gasteiger partial charge >= 0.3 is 0 Å². The monoisotopic (exact) mass is 397 g/mol. The minimum Gasteiger partial charge on any atom is -0.279 e. The summed E-state index contributed by atoms with van der Waals surface area (Å²) in [5.41, 5.74) is 3.44. The molecule has 0 fully saturated rings. The lowest BCUT2D eigenvalue weighted by atomic mass is 10.0. The van der Waals surface area contributed by atoms with Crippen LogP contribution < -0.4 is 10.3 Å². The second-order valence-electron chi connectivity index (χ2n) is 7.03. The van der Waals surface area contributed by atoms with Gasteiger partial charge in [0.2, 0.25) is 0 Å². The molecule has 0 amide bonds. The van der Waals surface area contributed by atoms with Crippen molar-refractivity contribution in [3.8, 4) is 0 Å². The Balaban J connectivity index is 1.82. The predicted molar refractivity (Wildman–Crippen MR) is 110 cm³/mol. The smallest absolute Gasteiger partial charge is 0.267 e. The average molecular weight is 398 g/mol. The van der Waals surface area contributed by atoms with E-state index in [-0.39, 0.29) is 16.4 Å². The zero-order valence-corrected chi connectivity index (χ0v) is 16.9. The second kappa shape index (κ2) is 7.98. The maximum atomic E-state index is 12.8. The first-order valence-electron chi connectivity index (χ1n) is 9.02. The minimum absolute atomic E-state index is 0.176. The Morgan fingerprint density at radius 3 is 2.43 bits per heavy atom. The highest BCUT2D eigenvalue weighted by molar-refractivity contribution is 7.92. The third kappa shape index (κ3) is 4.48. The fourth-order valence-electron chi connectivity index (χ4n) is 3.00. The van der Waals surface area contributed by atoms with Gasteiger partial charge in [0.05, 0.1) is 16.3 Å². The Morgan fingerprint density at radius 2 is 1.75 bits per heavy atom. The highest BCUT2D eigenvalue weighted by Crippen LogP contribution is 2.26. The molecule has 0 radical (unpaired) electrons. The summed E-state index contributed by atoms with van der Waals surface area (Å²) >= 11 is 0. The first-order valence-corrected chi connectivity index (χ1v) is 10.5. The lowest BCUT2D eigenvalue weighted by Crippen LogP contribution is -2.16. The number of nitrogens with zero attached hydrogens (tertiary/aromatic N) is 1. The third-order valence-electron chi connectivity index (χ3n) is 4.46. The highest BCUT2D eigenvalue weighted by Gasteiger charge is 2.17. The van der Waals surface area contributed by atoms with E-state index in [1.807, 2.05) is 26.0 Å². The van der Waals surface area contributed by atoms with Crippen molar-refractivity contribution in [2.24, 2.45) is 0 Å². The Kier molecular flexibility index (Phi) is 5.65. The summed E-state index contributed by atoms with van der Waals surface area (Å²) in [5.74, 6) is 0.197. The third-order valence-corrected chi connectivity index (χ3v) is 5.85. The molecule has 0 unspecified atom stereocenters. The van der Waals surface area contributed by atoms with Gasteiger partial charge in [-0.25, -0.2) is 13.5 Å². The van der Waals surface area contributed by atoms with Crippen molar-refractivity contribution in [1.82, 2.24) is 10.2 Å². The molecule has 0 saturated heterocycles. The number of hydrogen-bond donors (Lipinski definition) is 2. The van der Waals surface area contributed by atoms with Gasteiger partial charge in [0, 0.05) is 12.0 Å². The maximum Gasteiger partial charge on any atom is 0.267 e. The molecule has 0 atom stereocenters. The molecule has 146 valence electrons. The number of anilines is 1. The number of rotatable bonds is 6. The van der Waals surface area contributed by atoms with E-state index >= 15 is 0 Å². The summed E-state index contributed by atoms with van der Waals surface area (Å²) in [5, 5.41) is 6.32. The van der Waals surface area contributed by atoms with Crippen LogP contribution in [0.5, 0.6) is 0 Å². The molecule has 28 heavy (non-hydrogen) atoms. The standard InChI is InChI=1S/C21H23N3O3S/c1-14(2)19-6-4-5-7-20(19)24-28(26,27)18-10-8-16(9-11-18)13-17-12-15(3)22-23-21(17)25/h4-12,14,24H,13H2,1-3H3,(H,23,25). The quantitative estimate of drug-likeness (QED) is 0.665. The van der Waals surface area contributed by atoms with Gasteiger partial charge in [0.25, 0.3) is 15.6 Å². The number of sulfonamides is 1. The zero-order chi connectivity index (χ0) is 20.3. The molecule has 1 heterocycles. The van der Waals surface area contributed by atoms with Crippen LogP contribution in [0.3, 0.4) is 0 Å². The van der Waals surface area contributed by atoms with Gasteiger partial charge in [0.1, 0.15) is 0 Å². The number of benzene rings is 2. The number of aromatic amines is 1. The summed E-state index contributed by atoms with van der Waals surface area (Å²) in [6.07, 6.45) is 0.405. The number of aryl methyl sites for hydroxylation is 1. The van der Waals surface area contributed by atoms with Crippen molar-refractivity contribution < 1.29 is 8.42 Å². The highest BCUT2D eigenvalue weighted by atomic mass is 32.2. The van der Waals surface area contributed by atoms with Crippen LogP contribution in [0.4, 0.5) is 5.69 Å². The van der Waals surface area contributed by atoms with Crippen LogP contribution in [0.1, 0.15) is 42.1 Å². The van der Waals surface area contributed by atoms with Crippen LogP contribution in [-0.4, -0.2) is 18.6 Å². The van der Waals surface area contributed by atoms with Crippen LogP contribution in [0, 0.1) is 6.92 Å². The number of H-pyrrole nitrogens is 1. The van der Waals surface area contributed by atoms with E-state index in [0.717, 1.165) is 16.8 Å². The van der Waals surface area contributed by atoms with Gasteiger partial charge in [-0.05, 0) is 48.2 Å². The van der Waals surface area contributed by atoms with Gasteiger partial charge in [-0.15, -0.1) is 0 Å². The molecule has 0 bridgehead atoms. The molecule has 0 aliphatic heterocycles. The molecule has 1 aromatic heterocycles. The topological polar surface area (TPSA) is 91.9 Å². The Morgan fingerprint density at radius 1 is 1.07 bits per heavy atom. The van der Waals surface area contributed by atoms with Crippen molar-refractivity contribution in [2.45, 2.75) is 38.0 Å². The Bertz CT molecular complexity index is 1130. The van der Waals surface area contributed by atoms with Crippen LogP contribution in [0.25, 0.3) is 0 Å². The van der Waals surface area contributed by atoms with Crippen LogP contribution >= 0.6 is 0 Å². The molecular formula is C21H23N3O3S. The van der Waals surface area contributed by atoms with E-state index in [2.05, 4.69) is 14.9 Å². The molecule has 3 aromatic rings. The summed E-state index contributed by atoms with van der Waals surface area (Å²) in [6, 6.07) is 15.7. The predicted octanol–water partition coefficient (Wildman–Crippen LogP) is 3.59. The molecule has 3 rings (SSSR count). The summed E-state index contributed by atoms with van der Waals surface area (Å²) < 4.78 is 28.2. The van der Waals surface area contributed by atoms with Crippen LogP contribution in [-0.2, 0) is 16.4 Å². The zero-order valence-electron chi connectivity index (χ0n) is 16.1. The normalized spacial score (nSPS) is 11.6. The number of para-hydroxylation sites is 1. The average Bonchev–Trinajstić information content (AvgIpc) is 2.65. The molecule has 2 aromatic carbocycles. The molecule has 7 heteroatoms. The number of nitrogens with one attached hydrogen (secondary N) is 2. The first kappa shape index (κ1) is 19.8. The van der Waals surface area contributed by atoms with Crippen molar-refractivity contribution in [3.05, 3.63) is 87.3 Å². The Labute approximate surface area is 164 Å². The van der Waals surface area contributed by atoms with Gasteiger partial charge in [-0.1, -0.05) is 44.2 Å². The fraction of sp³-hybridized carbons (Fsp3) is 0.238. The molecule has 0 spiro atoms. The number of aromatic nitrogens is 2. The van der Waals surface area contributed by atoms with Crippen molar-refractivity contribution in [2.75, 3.05) is 4.72 Å². The van der Waals surface area contributed by atoms with Gasteiger partial charge in [-0.3, -0.25) is 9.52 Å². The first-order chi connectivity index (χ1) is 13.3. The van der Waals surface area contributed by atoms with Gasteiger partial charge < -0.3 is 0 Å². The van der Waals surface area contributed by atoms with E-state index in [9.17, 15) is 13.2 Å². The molecular weight excluding hydrogens is 374 g/mol. The van der Waals surface area contributed by atoms with Crippen LogP contribution in [0.15, 0.2) is 64.3 Å². The molecule has 6 nitrogen and oxygen atoms in total. The largest absolute Gasteiger partial charge is 0.279 e. The van der Waals surface area contributed by atoms with Gasteiger partial charge in [-0.2, -0.15) is 5.10 Å². The fourth-order valence-corrected chi connectivity index (χ4v) is 4.08. The lowest BCUT2D eigenvalue weighted by molar-refractivity contribution is 0.601. The van der Waals surface area contributed by atoms with Crippen molar-refractivity contribution in [3.63, 3.8) is 0 Å². The van der Waals surface area contributed by atoms with E-state index in [1.165, 1.54) is 0 Å². The Hall–Kier alpha value is -2.93. The lowest BCUT2D eigenvalue weighted by Gasteiger charge is -2.15. The van der Waals surface area contributed by atoms with Crippen LogP contribution in [0.2, 0.25) is 0 Å². The summed E-state index contributed by atoms with van der Waals surface area (Å²) in [7, 11) is -3.70. The van der Waals surface area contributed by atoms with E-state index in [1.54, 1.807) is 49.4 Å². The van der Waals surface area contributed by atoms with E-state index < -0.39 is 10.0 Å². The van der Waals surface area contributed by atoms with E-state index in [4.69, 9.17) is 0 Å². The SMILES string of the molecule is Cc1cc(Cc2ccc(S(=O)(=O)Nc3ccccc3C(C)C)cc2)c(=O)[nH]n1. The van der Waals surface area contributed by atoms with E-state index in [0.29, 0.717) is 17.7 Å². The van der Waals surface area contributed by atoms with Gasteiger partial charge in [0.15, 0.2) is 0 Å². The maximum absolute atomic E-state index is 12.8. The van der Waals surface area contributed by atoms with Crippen molar-refractivity contribution in [1.29, 1.82) is 0 Å². The second-order valence-corrected chi connectivity index (χ2v) is 8.71. The molecule has 0 aliphatic rings. The summed E-state index contributed by atoms with van der Waals surface area (Å²) in [4.78, 5) is 12.0.